The second-order valence-corrected chi connectivity index (χ2v) is 5.57. The summed E-state index contributed by atoms with van der Waals surface area (Å²) in [6, 6.07) is 0. The van der Waals surface area contributed by atoms with Crippen LogP contribution in [0, 0.1) is 11.8 Å². The van der Waals surface area contributed by atoms with Gasteiger partial charge in [0.2, 0.25) is 0 Å². The fraction of sp³-hybridized carbons (Fsp3) is 0.750. The number of aromatic nitrogens is 2. The number of halogens is 1. The molecule has 3 atom stereocenters. The summed E-state index contributed by atoms with van der Waals surface area (Å²) in [5, 5.41) is 15.7. The van der Waals surface area contributed by atoms with Gasteiger partial charge in [-0.05, 0) is 44.4 Å². The Bertz CT molecular complexity index is 417. The summed E-state index contributed by atoms with van der Waals surface area (Å²) in [5.41, 5.74) is 0.135. The van der Waals surface area contributed by atoms with Crippen molar-refractivity contribution < 1.29 is 5.11 Å². The van der Waals surface area contributed by atoms with E-state index in [0.29, 0.717) is 16.9 Å². The van der Waals surface area contributed by atoms with Crippen LogP contribution < -0.4 is 0 Å². The molecule has 0 saturated heterocycles. The van der Waals surface area contributed by atoms with Crippen LogP contribution >= 0.6 is 11.6 Å². The molecule has 1 aromatic heterocycles. The Kier molecular flexibility index (Phi) is 2.30. The molecule has 2 saturated carbocycles. The van der Waals surface area contributed by atoms with Crippen LogP contribution in [0.4, 0.5) is 0 Å². The Labute approximate surface area is 100 Å². The van der Waals surface area contributed by atoms with Crippen LogP contribution in [0.3, 0.4) is 0 Å². The van der Waals surface area contributed by atoms with Crippen molar-refractivity contribution >= 4 is 11.6 Å². The largest absolute Gasteiger partial charge is 0.383 e. The Morgan fingerprint density at radius 1 is 1.62 bits per heavy atom. The smallest absolute Gasteiger partial charge is 0.111 e. The predicted octanol–water partition coefficient (Wildman–Crippen LogP) is 2.56. The van der Waals surface area contributed by atoms with Gasteiger partial charge in [-0.2, -0.15) is 5.10 Å². The van der Waals surface area contributed by atoms with Crippen molar-refractivity contribution in [3.63, 3.8) is 0 Å². The van der Waals surface area contributed by atoms with Crippen molar-refractivity contribution in [2.75, 3.05) is 0 Å². The van der Waals surface area contributed by atoms with E-state index in [4.69, 9.17) is 11.6 Å². The first kappa shape index (κ1) is 10.6. The van der Waals surface area contributed by atoms with Crippen LogP contribution in [-0.4, -0.2) is 14.9 Å². The van der Waals surface area contributed by atoms with Gasteiger partial charge in [-0.1, -0.05) is 11.6 Å². The standard InChI is InChI=1S/C12H17ClN2O/c1-2-15-11(10(13)7-14-15)12(16)6-8-3-4-9(12)5-8/h7-9,16H,2-6H2,1H3. The van der Waals surface area contributed by atoms with E-state index in [2.05, 4.69) is 5.10 Å². The topological polar surface area (TPSA) is 38.0 Å². The summed E-state index contributed by atoms with van der Waals surface area (Å²) in [6.07, 6.45) is 6.08. The zero-order chi connectivity index (χ0) is 11.3. The molecule has 1 aromatic rings. The maximum atomic E-state index is 10.9. The predicted molar refractivity (Wildman–Crippen MR) is 62.3 cm³/mol. The van der Waals surface area contributed by atoms with Gasteiger partial charge in [-0.15, -0.1) is 0 Å². The van der Waals surface area contributed by atoms with E-state index in [1.165, 1.54) is 6.42 Å². The van der Waals surface area contributed by atoms with E-state index in [9.17, 15) is 5.11 Å². The first-order valence-electron chi connectivity index (χ1n) is 6.09. The van der Waals surface area contributed by atoms with Crippen LogP contribution in [0.2, 0.25) is 5.02 Å². The van der Waals surface area contributed by atoms with Gasteiger partial charge in [-0.25, -0.2) is 0 Å². The molecule has 1 N–H and O–H groups in total. The molecule has 2 aliphatic carbocycles. The highest BCUT2D eigenvalue weighted by Crippen LogP contribution is 2.56. The fourth-order valence-corrected chi connectivity index (χ4v) is 3.93. The Morgan fingerprint density at radius 3 is 3.00 bits per heavy atom. The lowest BCUT2D eigenvalue weighted by atomic mass is 9.81. The summed E-state index contributed by atoms with van der Waals surface area (Å²) in [4.78, 5) is 0. The van der Waals surface area contributed by atoms with E-state index in [-0.39, 0.29) is 0 Å². The highest BCUT2D eigenvalue weighted by Gasteiger charge is 2.53. The second kappa shape index (κ2) is 3.47. The van der Waals surface area contributed by atoms with Crippen molar-refractivity contribution in [1.29, 1.82) is 0 Å². The molecule has 0 aliphatic heterocycles. The third kappa shape index (κ3) is 1.28. The third-order valence-corrected chi connectivity index (χ3v) is 4.60. The maximum absolute atomic E-state index is 10.9. The van der Waals surface area contributed by atoms with E-state index in [0.717, 1.165) is 31.5 Å². The molecular weight excluding hydrogens is 224 g/mol. The fourth-order valence-electron chi connectivity index (χ4n) is 3.62. The summed E-state index contributed by atoms with van der Waals surface area (Å²) < 4.78 is 1.85. The zero-order valence-corrected chi connectivity index (χ0v) is 10.2. The average Bonchev–Trinajstić information content (AvgIpc) is 2.91. The lowest BCUT2D eigenvalue weighted by Crippen LogP contribution is -2.35. The molecule has 2 bridgehead atoms. The molecule has 0 radical (unpaired) electrons. The molecule has 0 aromatic carbocycles. The minimum atomic E-state index is -0.716. The molecule has 2 fully saturated rings. The lowest BCUT2D eigenvalue weighted by molar-refractivity contribution is -0.0258. The van der Waals surface area contributed by atoms with Gasteiger partial charge < -0.3 is 5.11 Å². The number of fused-ring (bicyclic) bond motifs is 2. The molecule has 4 heteroatoms. The summed E-state index contributed by atoms with van der Waals surface area (Å²) in [7, 11) is 0. The van der Waals surface area contributed by atoms with Gasteiger partial charge in [0.1, 0.15) is 5.60 Å². The molecule has 3 unspecified atom stereocenters. The van der Waals surface area contributed by atoms with Gasteiger partial charge in [0.25, 0.3) is 0 Å². The lowest BCUT2D eigenvalue weighted by Gasteiger charge is -2.33. The van der Waals surface area contributed by atoms with Crippen molar-refractivity contribution in [3.8, 4) is 0 Å². The number of aryl methyl sites for hydroxylation is 1. The quantitative estimate of drug-likeness (QED) is 0.863. The third-order valence-electron chi connectivity index (χ3n) is 4.32. The first-order chi connectivity index (χ1) is 7.65. The highest BCUT2D eigenvalue weighted by molar-refractivity contribution is 6.31. The normalized spacial score (nSPS) is 37.2. The average molecular weight is 241 g/mol. The van der Waals surface area contributed by atoms with Crippen LogP contribution in [0.1, 0.15) is 38.3 Å². The molecule has 1 heterocycles. The van der Waals surface area contributed by atoms with Crippen molar-refractivity contribution in [3.05, 3.63) is 16.9 Å². The zero-order valence-electron chi connectivity index (χ0n) is 9.49. The minimum absolute atomic E-state index is 0.386. The first-order valence-corrected chi connectivity index (χ1v) is 6.47. The molecule has 0 amide bonds. The Balaban J connectivity index is 2.05. The number of hydrogen-bond acceptors (Lipinski definition) is 2. The molecule has 16 heavy (non-hydrogen) atoms. The van der Waals surface area contributed by atoms with Crippen molar-refractivity contribution in [2.45, 2.75) is 44.8 Å². The number of rotatable bonds is 2. The number of hydrogen-bond donors (Lipinski definition) is 1. The van der Waals surface area contributed by atoms with Crippen LogP contribution in [0.25, 0.3) is 0 Å². The summed E-state index contributed by atoms with van der Waals surface area (Å²) in [6.45, 7) is 2.80. The SMILES string of the molecule is CCn1ncc(Cl)c1C1(O)CC2CCC1C2. The van der Waals surface area contributed by atoms with Crippen LogP contribution in [-0.2, 0) is 12.1 Å². The van der Waals surface area contributed by atoms with Crippen molar-refractivity contribution in [1.82, 2.24) is 9.78 Å². The number of aliphatic hydroxyl groups is 1. The van der Waals surface area contributed by atoms with E-state index >= 15 is 0 Å². The van der Waals surface area contributed by atoms with Gasteiger partial charge in [0.05, 0.1) is 16.9 Å². The van der Waals surface area contributed by atoms with E-state index in [1.54, 1.807) is 6.20 Å². The highest BCUT2D eigenvalue weighted by atomic mass is 35.5. The summed E-state index contributed by atoms with van der Waals surface area (Å²) >= 11 is 6.19. The van der Waals surface area contributed by atoms with E-state index < -0.39 is 5.60 Å². The second-order valence-electron chi connectivity index (χ2n) is 5.16. The molecule has 3 nitrogen and oxygen atoms in total. The minimum Gasteiger partial charge on any atom is -0.383 e. The Hall–Kier alpha value is -0.540. The van der Waals surface area contributed by atoms with Crippen molar-refractivity contribution in [2.24, 2.45) is 11.8 Å². The Morgan fingerprint density at radius 2 is 2.44 bits per heavy atom. The monoisotopic (exact) mass is 240 g/mol. The van der Waals surface area contributed by atoms with Gasteiger partial charge in [-0.3, -0.25) is 4.68 Å². The summed E-state index contributed by atoms with van der Waals surface area (Å²) in [5.74, 6) is 1.07. The van der Waals surface area contributed by atoms with Gasteiger partial charge in [0.15, 0.2) is 0 Å². The van der Waals surface area contributed by atoms with Gasteiger partial charge >= 0.3 is 0 Å². The van der Waals surface area contributed by atoms with Gasteiger partial charge in [0, 0.05) is 6.54 Å². The van der Waals surface area contributed by atoms with E-state index in [1.807, 2.05) is 11.6 Å². The van der Waals surface area contributed by atoms with Crippen LogP contribution in [0.15, 0.2) is 6.20 Å². The molecule has 3 rings (SSSR count). The molecule has 88 valence electrons. The maximum Gasteiger partial charge on any atom is 0.111 e. The molecule has 0 spiro atoms. The molecule has 2 aliphatic rings. The van der Waals surface area contributed by atoms with Crippen LogP contribution in [0.5, 0.6) is 0 Å². The number of nitrogens with zero attached hydrogens (tertiary/aromatic N) is 2. The molecular formula is C12H17ClN2O.